The number of rotatable bonds is 5. The molecule has 1 amide bonds. The smallest absolute Gasteiger partial charge is 0.254 e. The van der Waals surface area contributed by atoms with Crippen LogP contribution in [-0.2, 0) is 6.54 Å². The van der Waals surface area contributed by atoms with Crippen molar-refractivity contribution in [3.05, 3.63) is 94.8 Å². The Morgan fingerprint density at radius 3 is 2.22 bits per heavy atom. The molecule has 0 spiro atoms. The van der Waals surface area contributed by atoms with Crippen molar-refractivity contribution in [2.24, 2.45) is 0 Å². The lowest BCUT2D eigenvalue weighted by Crippen LogP contribution is -2.33. The molecule has 136 valence electrons. The Morgan fingerprint density at radius 1 is 0.926 bits per heavy atom. The van der Waals surface area contributed by atoms with Crippen LogP contribution in [0.3, 0.4) is 0 Å². The largest absolute Gasteiger partial charge is 0.331 e. The third-order valence-corrected chi connectivity index (χ3v) is 5.23. The summed E-state index contributed by atoms with van der Waals surface area (Å²) in [4.78, 5) is 14.8. The predicted octanol–water partition coefficient (Wildman–Crippen LogP) is 5.95. The second kappa shape index (κ2) is 7.53. The quantitative estimate of drug-likeness (QED) is 0.536. The number of hydrogen-bond donors (Lipinski definition) is 0. The first kappa shape index (κ1) is 17.7. The van der Waals surface area contributed by atoms with Crippen LogP contribution in [0.5, 0.6) is 0 Å². The van der Waals surface area contributed by atoms with Crippen LogP contribution >= 0.6 is 11.6 Å². The van der Waals surface area contributed by atoms with E-state index in [-0.39, 0.29) is 24.3 Å². The molecule has 0 saturated heterocycles. The fraction of sp³-hybridized carbons (Fsp3) is 0.174. The Labute approximate surface area is 163 Å². The third kappa shape index (κ3) is 3.88. The highest BCUT2D eigenvalue weighted by Gasteiger charge is 2.34. The van der Waals surface area contributed by atoms with Crippen molar-refractivity contribution in [1.29, 1.82) is 0 Å². The SMILES string of the molecule is O=C(c1ccc(-c2ccccc2)cc1)N(Cc1c(F)cccc1Cl)C1CC1. The second-order valence-corrected chi connectivity index (χ2v) is 7.22. The van der Waals surface area contributed by atoms with E-state index in [9.17, 15) is 9.18 Å². The Morgan fingerprint density at radius 2 is 1.59 bits per heavy atom. The van der Waals surface area contributed by atoms with Gasteiger partial charge in [-0.15, -0.1) is 0 Å². The van der Waals surface area contributed by atoms with Gasteiger partial charge in [0.15, 0.2) is 0 Å². The molecule has 3 aromatic carbocycles. The Hall–Kier alpha value is -2.65. The average Bonchev–Trinajstić information content (AvgIpc) is 3.53. The van der Waals surface area contributed by atoms with Crippen molar-refractivity contribution in [2.75, 3.05) is 0 Å². The molecule has 2 nitrogen and oxygen atoms in total. The molecule has 1 aliphatic rings. The number of carbonyl (C=O) groups is 1. The van der Waals surface area contributed by atoms with Gasteiger partial charge < -0.3 is 4.90 Å². The van der Waals surface area contributed by atoms with Gasteiger partial charge in [-0.25, -0.2) is 4.39 Å². The van der Waals surface area contributed by atoms with Gasteiger partial charge in [0, 0.05) is 22.2 Å². The van der Waals surface area contributed by atoms with Crippen LogP contribution in [0.1, 0.15) is 28.8 Å². The maximum Gasteiger partial charge on any atom is 0.254 e. The van der Waals surface area contributed by atoms with E-state index in [0.717, 1.165) is 24.0 Å². The summed E-state index contributed by atoms with van der Waals surface area (Å²) in [6.45, 7) is 0.190. The summed E-state index contributed by atoms with van der Waals surface area (Å²) in [6.07, 6.45) is 1.89. The Kier molecular flexibility index (Phi) is 4.95. The van der Waals surface area contributed by atoms with Gasteiger partial charge in [-0.1, -0.05) is 60.1 Å². The lowest BCUT2D eigenvalue weighted by Gasteiger charge is -2.23. The van der Waals surface area contributed by atoms with E-state index in [1.54, 1.807) is 17.0 Å². The molecule has 0 bridgehead atoms. The first-order valence-electron chi connectivity index (χ1n) is 9.03. The molecule has 0 atom stereocenters. The van der Waals surface area contributed by atoms with Crippen molar-refractivity contribution in [3.8, 4) is 11.1 Å². The first-order valence-corrected chi connectivity index (χ1v) is 9.40. The summed E-state index contributed by atoms with van der Waals surface area (Å²) >= 11 is 6.16. The van der Waals surface area contributed by atoms with Crippen LogP contribution in [0.4, 0.5) is 4.39 Å². The average molecular weight is 380 g/mol. The monoisotopic (exact) mass is 379 g/mol. The van der Waals surface area contributed by atoms with E-state index in [2.05, 4.69) is 0 Å². The van der Waals surface area contributed by atoms with E-state index in [1.165, 1.54) is 6.07 Å². The number of amides is 1. The Bertz CT molecular complexity index is 932. The summed E-state index contributed by atoms with van der Waals surface area (Å²) in [5.41, 5.74) is 3.14. The van der Waals surface area contributed by atoms with Gasteiger partial charge in [0.25, 0.3) is 5.91 Å². The van der Waals surface area contributed by atoms with E-state index < -0.39 is 0 Å². The second-order valence-electron chi connectivity index (χ2n) is 6.81. The number of nitrogens with zero attached hydrogens (tertiary/aromatic N) is 1. The van der Waals surface area contributed by atoms with Gasteiger partial charge in [0.05, 0.1) is 6.54 Å². The highest BCUT2D eigenvalue weighted by Crippen LogP contribution is 2.32. The molecular formula is C23H19ClFNO. The molecule has 1 aliphatic carbocycles. The van der Waals surface area contributed by atoms with Crippen molar-refractivity contribution >= 4 is 17.5 Å². The number of carbonyl (C=O) groups excluding carboxylic acids is 1. The van der Waals surface area contributed by atoms with E-state index in [4.69, 9.17) is 11.6 Å². The molecule has 4 heteroatoms. The summed E-state index contributed by atoms with van der Waals surface area (Å²) in [5, 5.41) is 0.355. The minimum Gasteiger partial charge on any atom is -0.331 e. The Balaban J connectivity index is 1.58. The molecule has 4 rings (SSSR count). The zero-order chi connectivity index (χ0) is 18.8. The van der Waals surface area contributed by atoms with Crippen molar-refractivity contribution in [2.45, 2.75) is 25.4 Å². The minimum atomic E-state index is -0.375. The maximum atomic E-state index is 14.2. The highest BCUT2D eigenvalue weighted by molar-refractivity contribution is 6.31. The zero-order valence-corrected chi connectivity index (χ0v) is 15.5. The van der Waals surface area contributed by atoms with Crippen molar-refractivity contribution < 1.29 is 9.18 Å². The van der Waals surface area contributed by atoms with Crippen molar-refractivity contribution in [3.63, 3.8) is 0 Å². The molecule has 0 N–H and O–H groups in total. The summed E-state index contributed by atoms with van der Waals surface area (Å²) in [5.74, 6) is -0.461. The molecule has 1 fully saturated rings. The normalized spacial score (nSPS) is 13.4. The molecule has 3 aromatic rings. The lowest BCUT2D eigenvalue weighted by molar-refractivity contribution is 0.0728. The topological polar surface area (TPSA) is 20.3 Å². The molecule has 0 unspecified atom stereocenters. The van der Waals surface area contributed by atoms with Crippen LogP contribution in [0.25, 0.3) is 11.1 Å². The molecular weight excluding hydrogens is 361 g/mol. The van der Waals surface area contributed by atoms with Crippen LogP contribution in [0.2, 0.25) is 5.02 Å². The molecule has 0 aromatic heterocycles. The predicted molar refractivity (Wildman–Crippen MR) is 106 cm³/mol. The van der Waals surface area contributed by atoms with Crippen LogP contribution in [0.15, 0.2) is 72.8 Å². The maximum absolute atomic E-state index is 14.2. The van der Waals surface area contributed by atoms with Crippen LogP contribution < -0.4 is 0 Å². The molecule has 27 heavy (non-hydrogen) atoms. The molecule has 1 saturated carbocycles. The fourth-order valence-corrected chi connectivity index (χ4v) is 3.43. The summed E-state index contributed by atoms with van der Waals surface area (Å²) < 4.78 is 14.2. The summed E-state index contributed by atoms with van der Waals surface area (Å²) in [6, 6.07) is 22.4. The molecule has 0 radical (unpaired) electrons. The summed E-state index contributed by atoms with van der Waals surface area (Å²) in [7, 11) is 0. The van der Waals surface area contributed by atoms with E-state index >= 15 is 0 Å². The van der Waals surface area contributed by atoms with Gasteiger partial charge in [0.1, 0.15) is 5.82 Å². The zero-order valence-electron chi connectivity index (χ0n) is 14.7. The van der Waals surface area contributed by atoms with Crippen LogP contribution in [-0.4, -0.2) is 16.8 Å². The standard InChI is InChI=1S/C23H19ClFNO/c24-21-7-4-8-22(25)20(21)15-26(19-13-14-19)23(27)18-11-9-17(10-12-18)16-5-2-1-3-6-16/h1-12,19H,13-15H2. The van der Waals surface area contributed by atoms with Gasteiger partial charge in [0.2, 0.25) is 0 Å². The number of hydrogen-bond acceptors (Lipinski definition) is 1. The minimum absolute atomic E-state index is 0.0866. The first-order chi connectivity index (χ1) is 13.1. The van der Waals surface area contributed by atoms with Gasteiger partial charge in [-0.05, 0) is 48.2 Å². The van der Waals surface area contributed by atoms with Gasteiger partial charge >= 0.3 is 0 Å². The highest BCUT2D eigenvalue weighted by atomic mass is 35.5. The fourth-order valence-electron chi connectivity index (χ4n) is 3.21. The molecule has 0 heterocycles. The third-order valence-electron chi connectivity index (χ3n) is 4.88. The van der Waals surface area contributed by atoms with Gasteiger partial charge in [-0.3, -0.25) is 4.79 Å². The molecule has 0 aliphatic heterocycles. The lowest BCUT2D eigenvalue weighted by atomic mass is 10.0. The van der Waals surface area contributed by atoms with Crippen molar-refractivity contribution in [1.82, 2.24) is 4.90 Å². The number of halogens is 2. The van der Waals surface area contributed by atoms with E-state index in [1.807, 2.05) is 54.6 Å². The van der Waals surface area contributed by atoms with Gasteiger partial charge in [-0.2, -0.15) is 0 Å². The number of benzene rings is 3. The van der Waals surface area contributed by atoms with E-state index in [0.29, 0.717) is 16.1 Å². The van der Waals surface area contributed by atoms with Crippen LogP contribution in [0, 0.1) is 5.82 Å².